The number of aromatic nitrogens is 2. The maximum Gasteiger partial charge on any atom is 0.271 e. The molecule has 2 aromatic heterocycles. The Hall–Kier alpha value is -4.91. The molecule has 1 amide bonds. The number of furan rings is 1. The molecule has 0 fully saturated rings. The molecule has 0 radical (unpaired) electrons. The van der Waals surface area contributed by atoms with Crippen LogP contribution in [0.1, 0.15) is 16.1 Å². The second kappa shape index (κ2) is 9.93. The van der Waals surface area contributed by atoms with Gasteiger partial charge in [-0.05, 0) is 48.5 Å². The van der Waals surface area contributed by atoms with Crippen LogP contribution in [-0.4, -0.2) is 35.4 Å². The summed E-state index contributed by atoms with van der Waals surface area (Å²) in [6, 6.07) is 16.1. The van der Waals surface area contributed by atoms with Crippen LogP contribution >= 0.6 is 0 Å². The Morgan fingerprint density at radius 1 is 1.03 bits per heavy atom. The van der Waals surface area contributed by atoms with Crippen LogP contribution in [0.3, 0.4) is 0 Å². The predicted octanol–water partition coefficient (Wildman–Crippen LogP) is 3.21. The van der Waals surface area contributed by atoms with Crippen LogP contribution < -0.4 is 10.1 Å². The van der Waals surface area contributed by atoms with Crippen molar-refractivity contribution in [2.45, 2.75) is 4.90 Å². The first kappa shape index (κ1) is 23.3. The Balaban J connectivity index is 1.40. The number of amides is 1. The molecule has 2 heterocycles. The summed E-state index contributed by atoms with van der Waals surface area (Å²) >= 11 is 0. The first-order valence-corrected chi connectivity index (χ1v) is 11.4. The lowest BCUT2D eigenvalue weighted by atomic mass is 10.2. The first-order chi connectivity index (χ1) is 16.8. The first-order valence-electron chi connectivity index (χ1n) is 9.90. The van der Waals surface area contributed by atoms with Crippen molar-refractivity contribution in [3.05, 3.63) is 101 Å². The third-order valence-corrected chi connectivity index (χ3v) is 5.89. The zero-order valence-electron chi connectivity index (χ0n) is 17.7. The molecule has 0 saturated carbocycles. The number of benzene rings is 2. The summed E-state index contributed by atoms with van der Waals surface area (Å²) in [6.07, 6.45) is 4.11. The number of carbonyl (C=O) groups excluding carboxylic acids is 1. The third-order valence-electron chi connectivity index (χ3n) is 4.54. The largest absolute Gasteiger partial charge is 0.455 e. The zero-order chi connectivity index (χ0) is 24.8. The van der Waals surface area contributed by atoms with Crippen LogP contribution in [-0.2, 0) is 10.0 Å². The predicted molar refractivity (Wildman–Crippen MR) is 125 cm³/mol. The van der Waals surface area contributed by atoms with Gasteiger partial charge in [0, 0.05) is 35.7 Å². The number of non-ortho nitro benzene ring substituents is 1. The SMILES string of the molecule is O=C(NN=Cc1ccc(-c2ccc(S(=O)(=O)Nc3ncccn3)cc2)o1)c1cccc([N+](=O)[O-])c1. The van der Waals surface area contributed by atoms with Crippen LogP contribution in [0.2, 0.25) is 0 Å². The number of nitrogens with zero attached hydrogens (tertiary/aromatic N) is 4. The van der Waals surface area contributed by atoms with Gasteiger partial charge in [0.2, 0.25) is 5.95 Å². The summed E-state index contributed by atoms with van der Waals surface area (Å²) in [5, 5.41) is 14.6. The highest BCUT2D eigenvalue weighted by Crippen LogP contribution is 2.24. The molecule has 4 rings (SSSR count). The van der Waals surface area contributed by atoms with Gasteiger partial charge in [-0.3, -0.25) is 14.9 Å². The van der Waals surface area contributed by atoms with Crippen LogP contribution in [0.15, 0.2) is 93.5 Å². The molecule has 0 bridgehead atoms. The highest BCUT2D eigenvalue weighted by Gasteiger charge is 2.16. The standard InChI is InChI=1S/C22H16N6O6S/c29-21(16-3-1-4-17(13-16)28(30)31)26-25-14-18-7-10-20(34-18)15-5-8-19(9-6-15)35(32,33)27-22-23-11-2-12-24-22/h1-14H,(H,26,29)(H,23,24,27). The number of anilines is 1. The number of hydrogen-bond acceptors (Lipinski definition) is 9. The summed E-state index contributed by atoms with van der Waals surface area (Å²) in [7, 11) is -3.86. The lowest BCUT2D eigenvalue weighted by molar-refractivity contribution is -0.384. The fraction of sp³-hybridized carbons (Fsp3) is 0. The van der Waals surface area contributed by atoms with E-state index in [1.807, 2.05) is 0 Å². The Labute approximate surface area is 198 Å². The maximum absolute atomic E-state index is 12.5. The highest BCUT2D eigenvalue weighted by molar-refractivity contribution is 7.92. The topological polar surface area (TPSA) is 170 Å². The van der Waals surface area contributed by atoms with E-state index in [0.29, 0.717) is 17.1 Å². The molecule has 0 atom stereocenters. The summed E-state index contributed by atoms with van der Waals surface area (Å²) in [5.74, 6) is 0.103. The summed E-state index contributed by atoms with van der Waals surface area (Å²) in [4.78, 5) is 30.1. The summed E-state index contributed by atoms with van der Waals surface area (Å²) in [5.41, 5.74) is 2.76. The average molecular weight is 492 g/mol. The Bertz CT molecular complexity index is 1500. The second-order valence-electron chi connectivity index (χ2n) is 6.91. The fourth-order valence-corrected chi connectivity index (χ4v) is 3.84. The third kappa shape index (κ3) is 5.72. The summed E-state index contributed by atoms with van der Waals surface area (Å²) < 4.78 is 32.9. The molecule has 0 unspecified atom stereocenters. The molecule has 35 heavy (non-hydrogen) atoms. The molecule has 2 aromatic carbocycles. The Morgan fingerprint density at radius 3 is 2.49 bits per heavy atom. The molecular formula is C22H16N6O6S. The normalized spacial score (nSPS) is 11.3. The van der Waals surface area contributed by atoms with E-state index in [9.17, 15) is 23.3 Å². The lowest BCUT2D eigenvalue weighted by Crippen LogP contribution is -2.17. The minimum atomic E-state index is -3.86. The molecule has 0 saturated heterocycles. The number of hydrogen-bond donors (Lipinski definition) is 2. The van der Waals surface area contributed by atoms with Gasteiger partial charge in [0.15, 0.2) is 0 Å². The lowest BCUT2D eigenvalue weighted by Gasteiger charge is -2.06. The summed E-state index contributed by atoms with van der Waals surface area (Å²) in [6.45, 7) is 0. The smallest absolute Gasteiger partial charge is 0.271 e. The molecule has 12 nitrogen and oxygen atoms in total. The monoisotopic (exact) mass is 492 g/mol. The Morgan fingerprint density at radius 2 is 1.77 bits per heavy atom. The van der Waals surface area contributed by atoms with E-state index in [0.717, 1.165) is 6.07 Å². The van der Waals surface area contributed by atoms with E-state index in [1.165, 1.54) is 48.9 Å². The number of nitro benzene ring substituents is 1. The van der Waals surface area contributed by atoms with Crippen molar-refractivity contribution in [2.75, 3.05) is 4.72 Å². The van der Waals surface area contributed by atoms with Crippen molar-refractivity contribution >= 4 is 33.8 Å². The molecule has 2 N–H and O–H groups in total. The van der Waals surface area contributed by atoms with E-state index < -0.39 is 20.9 Å². The van der Waals surface area contributed by atoms with Crippen molar-refractivity contribution in [1.82, 2.24) is 15.4 Å². The molecular weight excluding hydrogens is 476 g/mol. The van der Waals surface area contributed by atoms with Gasteiger partial charge >= 0.3 is 0 Å². The van der Waals surface area contributed by atoms with Crippen molar-refractivity contribution in [1.29, 1.82) is 0 Å². The van der Waals surface area contributed by atoms with Gasteiger partial charge in [-0.1, -0.05) is 6.07 Å². The van der Waals surface area contributed by atoms with Crippen molar-refractivity contribution in [3.8, 4) is 11.3 Å². The van der Waals surface area contributed by atoms with Gasteiger partial charge in [0.1, 0.15) is 11.5 Å². The van der Waals surface area contributed by atoms with E-state index in [2.05, 4.69) is 25.2 Å². The van der Waals surface area contributed by atoms with Gasteiger partial charge in [-0.25, -0.2) is 28.5 Å². The average Bonchev–Trinajstić information content (AvgIpc) is 3.33. The van der Waals surface area contributed by atoms with E-state index in [-0.39, 0.29) is 22.1 Å². The molecule has 13 heteroatoms. The van der Waals surface area contributed by atoms with Gasteiger partial charge in [-0.15, -0.1) is 0 Å². The van der Waals surface area contributed by atoms with Crippen molar-refractivity contribution < 1.29 is 22.6 Å². The van der Waals surface area contributed by atoms with Crippen LogP contribution in [0.4, 0.5) is 11.6 Å². The number of rotatable bonds is 8. The Kier molecular flexibility index (Phi) is 6.59. The van der Waals surface area contributed by atoms with Crippen molar-refractivity contribution in [3.63, 3.8) is 0 Å². The molecule has 4 aromatic rings. The number of nitro groups is 1. The molecule has 0 aliphatic heterocycles. The van der Waals surface area contributed by atoms with E-state index >= 15 is 0 Å². The number of sulfonamides is 1. The number of nitrogens with one attached hydrogen (secondary N) is 2. The zero-order valence-corrected chi connectivity index (χ0v) is 18.5. The molecule has 176 valence electrons. The molecule has 0 aliphatic rings. The van der Waals surface area contributed by atoms with Crippen LogP contribution in [0.5, 0.6) is 0 Å². The van der Waals surface area contributed by atoms with Gasteiger partial charge < -0.3 is 4.42 Å². The quantitative estimate of drug-likeness (QED) is 0.214. The van der Waals surface area contributed by atoms with Gasteiger partial charge in [0.25, 0.3) is 21.6 Å². The van der Waals surface area contributed by atoms with Crippen LogP contribution in [0, 0.1) is 10.1 Å². The maximum atomic E-state index is 12.5. The molecule has 0 spiro atoms. The highest BCUT2D eigenvalue weighted by atomic mass is 32.2. The van der Waals surface area contributed by atoms with Gasteiger partial charge in [-0.2, -0.15) is 5.10 Å². The number of carbonyl (C=O) groups is 1. The van der Waals surface area contributed by atoms with E-state index in [4.69, 9.17) is 4.42 Å². The van der Waals surface area contributed by atoms with Gasteiger partial charge in [0.05, 0.1) is 16.0 Å². The number of hydrazone groups is 1. The second-order valence-corrected chi connectivity index (χ2v) is 8.59. The van der Waals surface area contributed by atoms with E-state index in [1.54, 1.807) is 30.3 Å². The minimum absolute atomic E-state index is 0.0194. The van der Waals surface area contributed by atoms with Crippen molar-refractivity contribution in [2.24, 2.45) is 5.10 Å². The fourth-order valence-electron chi connectivity index (χ4n) is 2.89. The van der Waals surface area contributed by atoms with Crippen LogP contribution in [0.25, 0.3) is 11.3 Å². The molecule has 0 aliphatic carbocycles. The minimum Gasteiger partial charge on any atom is -0.455 e.